The van der Waals surface area contributed by atoms with Gasteiger partial charge in [0.2, 0.25) is 5.95 Å². The molecule has 88 valence electrons. The lowest BCUT2D eigenvalue weighted by Crippen LogP contribution is -2.17. The topological polar surface area (TPSA) is 98.7 Å². The first kappa shape index (κ1) is 9.94. The van der Waals surface area contributed by atoms with Crippen LogP contribution < -0.4 is 5.32 Å². The summed E-state index contributed by atoms with van der Waals surface area (Å²) >= 11 is 0. The molecule has 0 spiro atoms. The highest BCUT2D eigenvalue weighted by Gasteiger charge is 2.28. The van der Waals surface area contributed by atoms with Gasteiger partial charge in [0, 0.05) is 5.56 Å². The molecule has 2 aromatic heterocycles. The summed E-state index contributed by atoms with van der Waals surface area (Å²) in [4.78, 5) is 11.8. The molecular weight excluding hydrogens is 224 g/mol. The Kier molecular flexibility index (Phi) is 2.13. The zero-order valence-corrected chi connectivity index (χ0v) is 9.12. The molecule has 0 unspecified atom stereocenters. The maximum Gasteiger partial charge on any atom is 0.280 e. The van der Waals surface area contributed by atoms with E-state index in [2.05, 4.69) is 26.0 Å². The Labute approximate surface area is 96.0 Å². The second kappa shape index (κ2) is 3.65. The van der Waals surface area contributed by atoms with Crippen molar-refractivity contribution in [2.24, 2.45) is 0 Å². The minimum Gasteiger partial charge on any atom is -0.364 e. The molecule has 2 aromatic rings. The van der Waals surface area contributed by atoms with Crippen LogP contribution in [0.15, 0.2) is 10.8 Å². The van der Waals surface area contributed by atoms with Gasteiger partial charge in [-0.05, 0) is 30.2 Å². The van der Waals surface area contributed by atoms with Crippen LogP contribution in [0.4, 0.5) is 5.95 Å². The molecule has 0 saturated heterocycles. The first-order valence-electron chi connectivity index (χ1n) is 5.26. The monoisotopic (exact) mass is 234 g/mol. The number of rotatable bonds is 3. The van der Waals surface area contributed by atoms with Gasteiger partial charge < -0.3 is 4.52 Å². The molecule has 8 heteroatoms. The van der Waals surface area contributed by atoms with Crippen LogP contribution in [-0.2, 0) is 0 Å². The minimum atomic E-state index is -0.368. The maximum atomic E-state index is 11.8. The lowest BCUT2D eigenvalue weighted by molar-refractivity contribution is 0.101. The summed E-state index contributed by atoms with van der Waals surface area (Å²) in [6.45, 7) is 1.75. The fraction of sp³-hybridized carbons (Fsp3) is 0.444. The second-order valence-corrected chi connectivity index (χ2v) is 3.98. The van der Waals surface area contributed by atoms with Crippen molar-refractivity contribution in [2.45, 2.75) is 25.8 Å². The molecule has 0 radical (unpaired) electrons. The van der Waals surface area contributed by atoms with Gasteiger partial charge in [0.25, 0.3) is 5.91 Å². The van der Waals surface area contributed by atoms with Gasteiger partial charge in [-0.3, -0.25) is 10.1 Å². The summed E-state index contributed by atoms with van der Waals surface area (Å²) in [7, 11) is 0. The van der Waals surface area contributed by atoms with Crippen molar-refractivity contribution >= 4 is 11.9 Å². The predicted octanol–water partition coefficient (Wildman–Crippen LogP) is 0.557. The van der Waals surface area contributed by atoms with E-state index in [0.29, 0.717) is 17.6 Å². The van der Waals surface area contributed by atoms with Gasteiger partial charge in [0.15, 0.2) is 5.69 Å². The van der Waals surface area contributed by atoms with Crippen LogP contribution in [0, 0.1) is 6.92 Å². The van der Waals surface area contributed by atoms with E-state index in [1.807, 2.05) is 0 Å². The van der Waals surface area contributed by atoms with Crippen molar-refractivity contribution in [3.8, 4) is 0 Å². The lowest BCUT2D eigenvalue weighted by atomic mass is 10.3. The van der Waals surface area contributed by atoms with Crippen molar-refractivity contribution in [3.05, 3.63) is 17.5 Å². The number of tetrazole rings is 1. The van der Waals surface area contributed by atoms with E-state index in [-0.39, 0.29) is 11.6 Å². The number of anilines is 1. The van der Waals surface area contributed by atoms with Crippen LogP contribution >= 0.6 is 0 Å². The summed E-state index contributed by atoms with van der Waals surface area (Å²) in [5, 5.41) is 17.4. The molecule has 0 atom stereocenters. The van der Waals surface area contributed by atoms with Gasteiger partial charge in [0.05, 0.1) is 6.04 Å². The number of hydrogen-bond acceptors (Lipinski definition) is 6. The third-order valence-corrected chi connectivity index (χ3v) is 2.57. The number of carbonyl (C=O) groups excluding carboxylic acids is 1. The number of aromatic nitrogens is 5. The summed E-state index contributed by atoms with van der Waals surface area (Å²) < 4.78 is 6.32. The van der Waals surface area contributed by atoms with Gasteiger partial charge in [-0.25, -0.2) is 4.68 Å². The van der Waals surface area contributed by atoms with E-state index in [1.165, 1.54) is 6.26 Å². The normalized spacial score (nSPS) is 14.9. The quantitative estimate of drug-likeness (QED) is 0.832. The Hall–Kier alpha value is -2.25. The molecular formula is C9H10N6O2. The number of carbonyl (C=O) groups is 1. The Bertz CT molecular complexity index is 555. The number of nitrogens with one attached hydrogen (secondary N) is 1. The fourth-order valence-electron chi connectivity index (χ4n) is 1.51. The molecule has 1 fully saturated rings. The standard InChI is InChI=1S/C9H10N6O2/c1-5-4-17-12-7(5)8(16)10-9-11-13-14-15(9)6-2-3-6/h4,6H,2-3H2,1H3,(H,10,11,14,16). The lowest BCUT2D eigenvalue weighted by Gasteiger charge is -2.02. The molecule has 1 saturated carbocycles. The molecule has 3 rings (SSSR count). The van der Waals surface area contributed by atoms with Gasteiger partial charge in [0.1, 0.15) is 6.26 Å². The highest BCUT2D eigenvalue weighted by atomic mass is 16.5. The summed E-state index contributed by atoms with van der Waals surface area (Å²) in [6, 6.07) is 0.304. The molecule has 1 N–H and O–H groups in total. The van der Waals surface area contributed by atoms with Gasteiger partial charge in [-0.1, -0.05) is 10.3 Å². The van der Waals surface area contributed by atoms with E-state index in [0.717, 1.165) is 12.8 Å². The zero-order chi connectivity index (χ0) is 11.8. The summed E-state index contributed by atoms with van der Waals surface area (Å²) in [5.74, 6) is -0.0205. The van der Waals surface area contributed by atoms with Crippen molar-refractivity contribution < 1.29 is 9.32 Å². The molecule has 0 bridgehead atoms. The van der Waals surface area contributed by atoms with Crippen molar-refractivity contribution in [1.29, 1.82) is 0 Å². The SMILES string of the molecule is Cc1conc1C(=O)Nc1nnnn1C1CC1. The van der Waals surface area contributed by atoms with Gasteiger partial charge >= 0.3 is 0 Å². The molecule has 1 amide bonds. The smallest absolute Gasteiger partial charge is 0.280 e. The third-order valence-electron chi connectivity index (χ3n) is 2.57. The van der Waals surface area contributed by atoms with Gasteiger partial charge in [-0.2, -0.15) is 0 Å². The Balaban J connectivity index is 1.80. The molecule has 0 aromatic carbocycles. The Morgan fingerprint density at radius 3 is 3.06 bits per heavy atom. The molecule has 0 aliphatic heterocycles. The number of nitrogens with zero attached hydrogens (tertiary/aromatic N) is 5. The molecule has 1 aliphatic carbocycles. The predicted molar refractivity (Wildman–Crippen MR) is 55.3 cm³/mol. The van der Waals surface area contributed by atoms with Crippen LogP contribution in [0.1, 0.15) is 34.9 Å². The van der Waals surface area contributed by atoms with Gasteiger partial charge in [-0.15, -0.1) is 0 Å². The number of aryl methyl sites for hydroxylation is 1. The minimum absolute atomic E-state index is 0.246. The molecule has 2 heterocycles. The second-order valence-electron chi connectivity index (χ2n) is 3.98. The van der Waals surface area contributed by atoms with E-state index < -0.39 is 0 Å². The Morgan fingerprint density at radius 1 is 1.59 bits per heavy atom. The molecule has 8 nitrogen and oxygen atoms in total. The van der Waals surface area contributed by atoms with Crippen molar-refractivity contribution in [2.75, 3.05) is 5.32 Å². The fourth-order valence-corrected chi connectivity index (χ4v) is 1.51. The number of hydrogen-bond donors (Lipinski definition) is 1. The van der Waals surface area contributed by atoms with E-state index in [1.54, 1.807) is 11.6 Å². The van der Waals surface area contributed by atoms with E-state index in [4.69, 9.17) is 4.52 Å². The third kappa shape index (κ3) is 1.77. The van der Waals surface area contributed by atoms with Crippen molar-refractivity contribution in [1.82, 2.24) is 25.4 Å². The first-order valence-corrected chi connectivity index (χ1v) is 5.26. The van der Waals surface area contributed by atoms with Crippen LogP contribution in [0.25, 0.3) is 0 Å². The summed E-state index contributed by atoms with van der Waals surface area (Å²) in [6.07, 6.45) is 3.49. The molecule has 1 aliphatic rings. The van der Waals surface area contributed by atoms with Crippen LogP contribution in [0.5, 0.6) is 0 Å². The maximum absolute atomic E-state index is 11.8. The van der Waals surface area contributed by atoms with Crippen LogP contribution in [-0.4, -0.2) is 31.3 Å². The number of amides is 1. The van der Waals surface area contributed by atoms with E-state index >= 15 is 0 Å². The summed E-state index contributed by atoms with van der Waals surface area (Å²) in [5.41, 5.74) is 0.920. The largest absolute Gasteiger partial charge is 0.364 e. The highest BCUT2D eigenvalue weighted by Crippen LogP contribution is 2.35. The van der Waals surface area contributed by atoms with Crippen LogP contribution in [0.2, 0.25) is 0 Å². The Morgan fingerprint density at radius 2 is 2.41 bits per heavy atom. The highest BCUT2D eigenvalue weighted by molar-refractivity contribution is 6.02. The zero-order valence-electron chi connectivity index (χ0n) is 9.12. The average Bonchev–Trinajstić information content (AvgIpc) is 2.89. The van der Waals surface area contributed by atoms with E-state index in [9.17, 15) is 4.79 Å². The first-order chi connectivity index (χ1) is 8.25. The van der Waals surface area contributed by atoms with Crippen molar-refractivity contribution in [3.63, 3.8) is 0 Å². The van der Waals surface area contributed by atoms with Crippen LogP contribution in [0.3, 0.4) is 0 Å². The average molecular weight is 234 g/mol. The molecule has 17 heavy (non-hydrogen) atoms.